The van der Waals surface area contributed by atoms with E-state index in [1.54, 1.807) is 0 Å². The first-order chi connectivity index (χ1) is 9.08. The van der Waals surface area contributed by atoms with Gasteiger partial charge in [0.15, 0.2) is 0 Å². The number of aryl methyl sites for hydroxylation is 4. The maximum absolute atomic E-state index is 5.83. The van der Waals surface area contributed by atoms with Gasteiger partial charge in [0.2, 0.25) is 0 Å². The Balaban J connectivity index is 2.31. The van der Waals surface area contributed by atoms with E-state index in [1.807, 2.05) is 6.26 Å². The van der Waals surface area contributed by atoms with Gasteiger partial charge in [-0.25, -0.2) is 0 Å². The molecule has 19 heavy (non-hydrogen) atoms. The van der Waals surface area contributed by atoms with Gasteiger partial charge in [-0.1, -0.05) is 35.9 Å². The van der Waals surface area contributed by atoms with Gasteiger partial charge in [-0.2, -0.15) is 0 Å². The Labute approximate surface area is 113 Å². The molecule has 96 valence electrons. The largest absolute Gasteiger partial charge is 0.463 e. The molecule has 0 N–H and O–H groups in total. The second-order valence-electron chi connectivity index (χ2n) is 5.35. The summed E-state index contributed by atoms with van der Waals surface area (Å²) in [7, 11) is 0. The fourth-order valence-electron chi connectivity index (χ4n) is 2.66. The normalized spacial score (nSPS) is 11.2. The van der Waals surface area contributed by atoms with Gasteiger partial charge in [0.1, 0.15) is 5.58 Å². The average Bonchev–Trinajstić information content (AvgIpc) is 2.82. The molecule has 0 spiro atoms. The monoisotopic (exact) mass is 250 g/mol. The predicted molar refractivity (Wildman–Crippen MR) is 80.6 cm³/mol. The summed E-state index contributed by atoms with van der Waals surface area (Å²) in [6.07, 6.45) is 1.88. The summed E-state index contributed by atoms with van der Waals surface area (Å²) in [4.78, 5) is 0. The molecule has 0 radical (unpaired) electrons. The van der Waals surface area contributed by atoms with Crippen molar-refractivity contribution in [2.24, 2.45) is 0 Å². The summed E-state index contributed by atoms with van der Waals surface area (Å²) in [6, 6.07) is 10.8. The van der Waals surface area contributed by atoms with Crippen molar-refractivity contribution in [2.75, 3.05) is 0 Å². The van der Waals surface area contributed by atoms with Crippen molar-refractivity contribution in [2.45, 2.75) is 27.7 Å². The van der Waals surface area contributed by atoms with E-state index in [9.17, 15) is 0 Å². The van der Waals surface area contributed by atoms with Crippen molar-refractivity contribution in [3.05, 3.63) is 58.8 Å². The SMILES string of the molecule is Cc1ccc(-c2coc3c(C)c(C)cc(C)c23)cc1. The van der Waals surface area contributed by atoms with Crippen molar-refractivity contribution in [1.29, 1.82) is 0 Å². The summed E-state index contributed by atoms with van der Waals surface area (Å²) >= 11 is 0. The predicted octanol–water partition coefficient (Wildman–Crippen LogP) is 5.33. The minimum absolute atomic E-state index is 1.02. The third-order valence-corrected chi connectivity index (χ3v) is 3.91. The van der Waals surface area contributed by atoms with Gasteiger partial charge in [-0.15, -0.1) is 0 Å². The van der Waals surface area contributed by atoms with Crippen LogP contribution in [-0.4, -0.2) is 0 Å². The van der Waals surface area contributed by atoms with Crippen LogP contribution in [0.1, 0.15) is 22.3 Å². The van der Waals surface area contributed by atoms with Gasteiger partial charge in [-0.3, -0.25) is 0 Å². The van der Waals surface area contributed by atoms with Gasteiger partial charge in [0.25, 0.3) is 0 Å². The fourth-order valence-corrected chi connectivity index (χ4v) is 2.66. The molecule has 0 saturated carbocycles. The first-order valence-corrected chi connectivity index (χ1v) is 6.63. The van der Waals surface area contributed by atoms with Gasteiger partial charge in [-0.05, 0) is 49.9 Å². The zero-order valence-electron chi connectivity index (χ0n) is 11.9. The molecule has 1 heterocycles. The van der Waals surface area contributed by atoms with Crippen molar-refractivity contribution < 1.29 is 4.42 Å². The van der Waals surface area contributed by atoms with Gasteiger partial charge < -0.3 is 4.42 Å². The summed E-state index contributed by atoms with van der Waals surface area (Å²) in [5, 5.41) is 1.24. The summed E-state index contributed by atoms with van der Waals surface area (Å²) in [5.74, 6) is 0. The highest BCUT2D eigenvalue weighted by Crippen LogP contribution is 2.35. The minimum Gasteiger partial charge on any atom is -0.463 e. The van der Waals surface area contributed by atoms with Crippen molar-refractivity contribution in [3.8, 4) is 11.1 Å². The van der Waals surface area contributed by atoms with E-state index in [0.717, 1.165) is 5.58 Å². The highest BCUT2D eigenvalue weighted by molar-refractivity contribution is 5.98. The van der Waals surface area contributed by atoms with Crippen LogP contribution < -0.4 is 0 Å². The molecule has 0 aliphatic heterocycles. The number of benzene rings is 2. The molecule has 0 bridgehead atoms. The van der Waals surface area contributed by atoms with E-state index in [0.29, 0.717) is 0 Å². The van der Waals surface area contributed by atoms with Crippen LogP contribution in [0.4, 0.5) is 0 Å². The van der Waals surface area contributed by atoms with Gasteiger partial charge >= 0.3 is 0 Å². The first-order valence-electron chi connectivity index (χ1n) is 6.63. The van der Waals surface area contributed by atoms with Crippen molar-refractivity contribution in [3.63, 3.8) is 0 Å². The van der Waals surface area contributed by atoms with Crippen LogP contribution in [0, 0.1) is 27.7 Å². The Kier molecular flexibility index (Phi) is 2.70. The summed E-state index contributed by atoms with van der Waals surface area (Å²) in [5.41, 5.74) is 8.51. The lowest BCUT2D eigenvalue weighted by Gasteiger charge is -2.06. The Bertz CT molecular complexity index is 745. The Morgan fingerprint density at radius 3 is 2.21 bits per heavy atom. The van der Waals surface area contributed by atoms with Crippen LogP contribution in [-0.2, 0) is 0 Å². The highest BCUT2D eigenvalue weighted by atomic mass is 16.3. The summed E-state index contributed by atoms with van der Waals surface area (Å²) in [6.45, 7) is 8.52. The highest BCUT2D eigenvalue weighted by Gasteiger charge is 2.13. The zero-order chi connectivity index (χ0) is 13.6. The molecule has 1 nitrogen and oxygen atoms in total. The van der Waals surface area contributed by atoms with Crippen LogP contribution in [0.15, 0.2) is 41.0 Å². The zero-order valence-corrected chi connectivity index (χ0v) is 11.9. The Morgan fingerprint density at radius 1 is 0.842 bits per heavy atom. The minimum atomic E-state index is 1.02. The molecule has 3 rings (SSSR count). The second-order valence-corrected chi connectivity index (χ2v) is 5.35. The van der Waals surface area contributed by atoms with Crippen molar-refractivity contribution in [1.82, 2.24) is 0 Å². The van der Waals surface area contributed by atoms with Gasteiger partial charge in [0.05, 0.1) is 6.26 Å². The maximum atomic E-state index is 5.83. The van der Waals surface area contributed by atoms with E-state index in [4.69, 9.17) is 4.42 Å². The summed E-state index contributed by atoms with van der Waals surface area (Å²) < 4.78 is 5.83. The maximum Gasteiger partial charge on any atom is 0.137 e. The number of furan rings is 1. The molecule has 2 aromatic carbocycles. The molecule has 0 aliphatic rings. The van der Waals surface area contributed by atoms with Crippen LogP contribution in [0.25, 0.3) is 22.1 Å². The number of hydrogen-bond donors (Lipinski definition) is 0. The molecule has 1 aromatic heterocycles. The second kappa shape index (κ2) is 4.27. The fraction of sp³-hybridized carbons (Fsp3) is 0.222. The molecule has 0 saturated heterocycles. The van der Waals surface area contributed by atoms with Crippen LogP contribution in [0.3, 0.4) is 0 Å². The van der Waals surface area contributed by atoms with Crippen molar-refractivity contribution >= 4 is 11.0 Å². The Morgan fingerprint density at radius 2 is 1.53 bits per heavy atom. The molecule has 0 fully saturated rings. The lowest BCUT2D eigenvalue weighted by molar-refractivity contribution is 0.614. The van der Waals surface area contributed by atoms with E-state index in [1.165, 1.54) is 38.8 Å². The third kappa shape index (κ3) is 1.86. The molecule has 0 aliphatic carbocycles. The van der Waals surface area contributed by atoms with E-state index < -0.39 is 0 Å². The van der Waals surface area contributed by atoms with E-state index >= 15 is 0 Å². The van der Waals surface area contributed by atoms with E-state index in [2.05, 4.69) is 58.0 Å². The van der Waals surface area contributed by atoms with Gasteiger partial charge in [0, 0.05) is 10.9 Å². The number of rotatable bonds is 1. The topological polar surface area (TPSA) is 13.1 Å². The molecule has 3 aromatic rings. The first kappa shape index (κ1) is 12.0. The smallest absolute Gasteiger partial charge is 0.137 e. The van der Waals surface area contributed by atoms with Crippen LogP contribution in [0.5, 0.6) is 0 Å². The van der Waals surface area contributed by atoms with Crippen LogP contribution >= 0.6 is 0 Å². The van der Waals surface area contributed by atoms with E-state index in [-0.39, 0.29) is 0 Å². The number of fused-ring (bicyclic) bond motifs is 1. The standard InChI is InChI=1S/C18H18O/c1-11-5-7-15(8-6-11)16-10-19-18-14(4)12(2)9-13(3)17(16)18/h5-10H,1-4H3. The molecule has 1 heteroatoms. The third-order valence-electron chi connectivity index (χ3n) is 3.91. The lowest BCUT2D eigenvalue weighted by Crippen LogP contribution is -1.86. The quantitative estimate of drug-likeness (QED) is 0.568. The molecule has 0 amide bonds. The lowest BCUT2D eigenvalue weighted by atomic mass is 9.96. The Hall–Kier alpha value is -2.02. The van der Waals surface area contributed by atoms with Crippen LogP contribution in [0.2, 0.25) is 0 Å². The molecular weight excluding hydrogens is 232 g/mol. The number of hydrogen-bond acceptors (Lipinski definition) is 1. The molecule has 0 atom stereocenters. The average molecular weight is 250 g/mol. The molecular formula is C18H18O. The molecule has 0 unspecified atom stereocenters.